The molecule has 1 heterocycles. The summed E-state index contributed by atoms with van der Waals surface area (Å²) in [5, 5.41) is 5.03. The second-order valence-electron chi connectivity index (χ2n) is 3.71. The molecular formula is C12H14ClN3. The molecule has 0 unspecified atom stereocenters. The molecule has 0 aliphatic heterocycles. The second-order valence-corrected chi connectivity index (χ2v) is 4.15. The number of rotatable bonds is 4. The van der Waals surface area contributed by atoms with Gasteiger partial charge in [-0.2, -0.15) is 5.10 Å². The maximum absolute atomic E-state index is 5.92. The molecule has 0 atom stereocenters. The average molecular weight is 236 g/mol. The van der Waals surface area contributed by atoms with Gasteiger partial charge in [-0.3, -0.25) is 4.68 Å². The van der Waals surface area contributed by atoms with Crippen molar-refractivity contribution in [1.82, 2.24) is 9.78 Å². The van der Waals surface area contributed by atoms with Gasteiger partial charge in [0, 0.05) is 11.2 Å². The van der Waals surface area contributed by atoms with E-state index >= 15 is 0 Å². The van der Waals surface area contributed by atoms with Crippen LogP contribution < -0.4 is 5.73 Å². The Bertz CT molecular complexity index is 465. The van der Waals surface area contributed by atoms with Gasteiger partial charge in [-0.1, -0.05) is 23.7 Å². The molecule has 2 rings (SSSR count). The first-order valence-corrected chi connectivity index (χ1v) is 5.61. The van der Waals surface area contributed by atoms with Gasteiger partial charge in [-0.05, 0) is 36.2 Å². The van der Waals surface area contributed by atoms with Gasteiger partial charge >= 0.3 is 0 Å². The zero-order valence-corrected chi connectivity index (χ0v) is 9.69. The van der Waals surface area contributed by atoms with Gasteiger partial charge in [0.2, 0.25) is 0 Å². The zero-order valence-electron chi connectivity index (χ0n) is 8.94. The highest BCUT2D eigenvalue weighted by Crippen LogP contribution is 2.11. The van der Waals surface area contributed by atoms with Crippen molar-refractivity contribution in [1.29, 1.82) is 0 Å². The van der Waals surface area contributed by atoms with Crippen LogP contribution in [0.3, 0.4) is 0 Å². The van der Waals surface area contributed by atoms with Crippen LogP contribution in [0, 0.1) is 0 Å². The lowest BCUT2D eigenvalue weighted by molar-refractivity contribution is 0.686. The number of hydrogen-bond donors (Lipinski definition) is 1. The van der Waals surface area contributed by atoms with E-state index in [1.54, 1.807) is 0 Å². The summed E-state index contributed by atoms with van der Waals surface area (Å²) in [5.41, 5.74) is 7.81. The van der Waals surface area contributed by atoms with Gasteiger partial charge in [-0.15, -0.1) is 0 Å². The summed E-state index contributed by atoms with van der Waals surface area (Å²) >= 11 is 5.92. The van der Waals surface area contributed by atoms with E-state index in [0.717, 1.165) is 23.6 Å². The fourth-order valence-corrected chi connectivity index (χ4v) is 1.82. The van der Waals surface area contributed by atoms with Crippen molar-refractivity contribution in [3.63, 3.8) is 0 Å². The average Bonchev–Trinajstić information content (AvgIpc) is 2.66. The molecule has 0 amide bonds. The molecule has 0 aliphatic rings. The Morgan fingerprint density at radius 2 is 2.19 bits per heavy atom. The minimum atomic E-state index is 0.656. The van der Waals surface area contributed by atoms with Gasteiger partial charge in [0.25, 0.3) is 0 Å². The van der Waals surface area contributed by atoms with Crippen LogP contribution >= 0.6 is 11.6 Å². The summed E-state index contributed by atoms with van der Waals surface area (Å²) < 4.78 is 1.90. The van der Waals surface area contributed by atoms with E-state index in [-0.39, 0.29) is 0 Å². The minimum Gasteiger partial charge on any atom is -0.330 e. The van der Waals surface area contributed by atoms with E-state index in [4.69, 9.17) is 17.3 Å². The smallest absolute Gasteiger partial charge is 0.0659 e. The first-order valence-electron chi connectivity index (χ1n) is 5.24. The number of nitrogens with two attached hydrogens (primary N) is 1. The summed E-state index contributed by atoms with van der Waals surface area (Å²) in [6.45, 7) is 1.40. The van der Waals surface area contributed by atoms with Crippen LogP contribution in [0.15, 0.2) is 36.7 Å². The van der Waals surface area contributed by atoms with E-state index in [9.17, 15) is 0 Å². The van der Waals surface area contributed by atoms with Crippen LogP contribution in [0.25, 0.3) is 0 Å². The Hall–Kier alpha value is -1.32. The summed E-state index contributed by atoms with van der Waals surface area (Å²) in [6, 6.07) is 7.80. The molecule has 0 saturated heterocycles. The van der Waals surface area contributed by atoms with Crippen LogP contribution in [-0.4, -0.2) is 16.3 Å². The maximum Gasteiger partial charge on any atom is 0.0659 e. The van der Waals surface area contributed by atoms with E-state index < -0.39 is 0 Å². The molecule has 84 valence electrons. The number of aromatic nitrogens is 2. The van der Waals surface area contributed by atoms with Crippen LogP contribution in [0.2, 0.25) is 5.02 Å². The van der Waals surface area contributed by atoms with Crippen LogP contribution in [0.1, 0.15) is 11.1 Å². The lowest BCUT2D eigenvalue weighted by atomic mass is 10.2. The predicted octanol–water partition coefficient (Wildman–Crippen LogP) is 2.09. The van der Waals surface area contributed by atoms with Gasteiger partial charge in [-0.25, -0.2) is 0 Å². The molecule has 0 fully saturated rings. The molecule has 16 heavy (non-hydrogen) atoms. The fraction of sp³-hybridized carbons (Fsp3) is 0.250. The molecule has 3 nitrogen and oxygen atoms in total. The van der Waals surface area contributed by atoms with E-state index in [2.05, 4.69) is 5.10 Å². The Balaban J connectivity index is 2.08. The van der Waals surface area contributed by atoms with Gasteiger partial charge < -0.3 is 5.73 Å². The lowest BCUT2D eigenvalue weighted by Crippen LogP contribution is -2.02. The van der Waals surface area contributed by atoms with Gasteiger partial charge in [0.05, 0.1) is 12.7 Å². The van der Waals surface area contributed by atoms with Crippen molar-refractivity contribution in [3.8, 4) is 0 Å². The molecule has 1 aromatic heterocycles. The molecule has 0 spiro atoms. The fourth-order valence-electron chi connectivity index (χ4n) is 1.61. The summed E-state index contributed by atoms with van der Waals surface area (Å²) in [4.78, 5) is 0. The standard InChI is InChI=1S/C12H14ClN3/c13-12-3-1-2-10(6-12)8-16-9-11(4-5-14)7-15-16/h1-3,6-7,9H,4-5,8,14H2. The monoisotopic (exact) mass is 235 g/mol. The molecular weight excluding hydrogens is 222 g/mol. The highest BCUT2D eigenvalue weighted by Gasteiger charge is 1.99. The van der Waals surface area contributed by atoms with E-state index in [1.807, 2.05) is 41.3 Å². The highest BCUT2D eigenvalue weighted by atomic mass is 35.5. The number of hydrogen-bond acceptors (Lipinski definition) is 2. The molecule has 4 heteroatoms. The van der Waals surface area contributed by atoms with E-state index in [0.29, 0.717) is 6.54 Å². The third-order valence-electron chi connectivity index (χ3n) is 2.35. The van der Waals surface area contributed by atoms with Gasteiger partial charge in [0.15, 0.2) is 0 Å². The summed E-state index contributed by atoms with van der Waals surface area (Å²) in [5.74, 6) is 0. The first kappa shape index (κ1) is 11.2. The third-order valence-corrected chi connectivity index (χ3v) is 2.59. The topological polar surface area (TPSA) is 43.8 Å². The molecule has 2 N–H and O–H groups in total. The maximum atomic E-state index is 5.92. The van der Waals surface area contributed by atoms with Crippen LogP contribution in [0.5, 0.6) is 0 Å². The van der Waals surface area contributed by atoms with Crippen LogP contribution in [-0.2, 0) is 13.0 Å². The molecule has 0 radical (unpaired) electrons. The van der Waals surface area contributed by atoms with Crippen molar-refractivity contribution in [2.45, 2.75) is 13.0 Å². The van der Waals surface area contributed by atoms with Crippen molar-refractivity contribution in [2.75, 3.05) is 6.54 Å². The quantitative estimate of drug-likeness (QED) is 0.882. The number of nitrogens with zero attached hydrogens (tertiary/aromatic N) is 2. The third kappa shape index (κ3) is 2.84. The number of halogens is 1. The normalized spacial score (nSPS) is 10.6. The zero-order chi connectivity index (χ0) is 11.4. The molecule has 0 saturated carbocycles. The predicted molar refractivity (Wildman–Crippen MR) is 65.5 cm³/mol. The largest absolute Gasteiger partial charge is 0.330 e. The Kier molecular flexibility index (Phi) is 3.59. The summed E-state index contributed by atoms with van der Waals surface area (Å²) in [6.07, 6.45) is 4.75. The van der Waals surface area contributed by atoms with Crippen LogP contribution in [0.4, 0.5) is 0 Å². The van der Waals surface area contributed by atoms with Gasteiger partial charge in [0.1, 0.15) is 0 Å². The Morgan fingerprint density at radius 1 is 1.31 bits per heavy atom. The molecule has 0 aliphatic carbocycles. The highest BCUT2D eigenvalue weighted by molar-refractivity contribution is 6.30. The minimum absolute atomic E-state index is 0.656. The molecule has 0 bridgehead atoms. The van der Waals surface area contributed by atoms with Crippen molar-refractivity contribution < 1.29 is 0 Å². The molecule has 1 aromatic carbocycles. The molecule has 2 aromatic rings. The SMILES string of the molecule is NCCc1cnn(Cc2cccc(Cl)c2)c1. The Labute approximate surface area is 99.8 Å². The first-order chi connectivity index (χ1) is 7.78. The summed E-state index contributed by atoms with van der Waals surface area (Å²) in [7, 11) is 0. The lowest BCUT2D eigenvalue weighted by Gasteiger charge is -2.01. The number of benzene rings is 1. The van der Waals surface area contributed by atoms with Crippen molar-refractivity contribution >= 4 is 11.6 Å². The van der Waals surface area contributed by atoms with Crippen molar-refractivity contribution in [2.24, 2.45) is 5.73 Å². The Morgan fingerprint density at radius 3 is 2.94 bits per heavy atom. The second kappa shape index (κ2) is 5.14. The van der Waals surface area contributed by atoms with Crippen molar-refractivity contribution in [3.05, 3.63) is 52.8 Å². The van der Waals surface area contributed by atoms with E-state index in [1.165, 1.54) is 5.56 Å².